The van der Waals surface area contributed by atoms with Crippen LogP contribution in [-0.2, 0) is 4.74 Å². The second kappa shape index (κ2) is 4.81. The molecule has 1 atom stereocenters. The van der Waals surface area contributed by atoms with Crippen molar-refractivity contribution in [2.75, 3.05) is 5.73 Å². The normalized spacial score (nSPS) is 16.6. The fraction of sp³-hybridized carbons (Fsp3) is 0.125. The summed E-state index contributed by atoms with van der Waals surface area (Å²) in [6.45, 7) is 0. The van der Waals surface area contributed by atoms with Crippen LogP contribution in [-0.4, -0.2) is 11.8 Å². The van der Waals surface area contributed by atoms with E-state index in [4.69, 9.17) is 10.5 Å². The first-order valence-corrected chi connectivity index (χ1v) is 6.34. The average molecular weight is 267 g/mol. The topological polar surface area (TPSA) is 69.4 Å². The van der Waals surface area contributed by atoms with Crippen molar-refractivity contribution in [1.82, 2.24) is 0 Å². The zero-order chi connectivity index (χ0) is 14.1. The number of anilines is 1. The Morgan fingerprint density at radius 1 is 1.10 bits per heavy atom. The molecule has 2 N–H and O–H groups in total. The zero-order valence-electron chi connectivity index (χ0n) is 10.7. The van der Waals surface area contributed by atoms with E-state index in [-0.39, 0.29) is 18.2 Å². The van der Waals surface area contributed by atoms with Gasteiger partial charge in [-0.05, 0) is 18.2 Å². The molecule has 1 aliphatic rings. The lowest BCUT2D eigenvalue weighted by Crippen LogP contribution is -2.09. The molecule has 0 bridgehead atoms. The molecule has 0 saturated carbocycles. The third-order valence-corrected chi connectivity index (χ3v) is 3.41. The van der Waals surface area contributed by atoms with Gasteiger partial charge in [0.05, 0.1) is 12.0 Å². The molecule has 2 aromatic rings. The largest absolute Gasteiger partial charge is 0.453 e. The minimum absolute atomic E-state index is 0.108. The van der Waals surface area contributed by atoms with Crippen LogP contribution in [0.25, 0.3) is 0 Å². The van der Waals surface area contributed by atoms with Crippen LogP contribution in [0.4, 0.5) is 5.69 Å². The first-order chi connectivity index (χ1) is 9.66. The predicted molar refractivity (Wildman–Crippen MR) is 74.4 cm³/mol. The van der Waals surface area contributed by atoms with Crippen LogP contribution in [0.1, 0.15) is 38.8 Å². The van der Waals surface area contributed by atoms with Crippen molar-refractivity contribution in [3.63, 3.8) is 0 Å². The van der Waals surface area contributed by atoms with E-state index in [1.54, 1.807) is 36.4 Å². The summed E-state index contributed by atoms with van der Waals surface area (Å²) in [7, 11) is 0. The summed E-state index contributed by atoms with van der Waals surface area (Å²) in [5, 5.41) is 0. The summed E-state index contributed by atoms with van der Waals surface area (Å²) in [6.07, 6.45) is -0.414. The number of cyclic esters (lactones) is 1. The number of nitrogen functional groups attached to an aromatic ring is 1. The fourth-order valence-electron chi connectivity index (χ4n) is 2.40. The second-order valence-electron chi connectivity index (χ2n) is 4.70. The van der Waals surface area contributed by atoms with Crippen molar-refractivity contribution in [3.05, 3.63) is 65.2 Å². The van der Waals surface area contributed by atoms with E-state index in [1.807, 2.05) is 12.1 Å². The Bertz CT molecular complexity index is 694. The summed E-state index contributed by atoms with van der Waals surface area (Å²) in [5.41, 5.74) is 7.99. The van der Waals surface area contributed by atoms with Gasteiger partial charge in [-0.1, -0.05) is 30.3 Å². The third kappa shape index (κ3) is 2.05. The molecule has 0 saturated heterocycles. The summed E-state index contributed by atoms with van der Waals surface area (Å²) in [5.74, 6) is -0.503. The molecule has 20 heavy (non-hydrogen) atoms. The number of rotatable bonds is 3. The molecule has 0 aromatic heterocycles. The number of Topliss-reactive ketones (excluding diaryl/α,β-unsaturated/α-hetero) is 1. The molecule has 0 amide bonds. The Morgan fingerprint density at radius 2 is 1.80 bits per heavy atom. The molecule has 1 aliphatic heterocycles. The van der Waals surface area contributed by atoms with Gasteiger partial charge in [0, 0.05) is 16.8 Å². The number of nitrogens with two attached hydrogens (primary N) is 1. The molecule has 1 heterocycles. The molecule has 4 nitrogen and oxygen atoms in total. The van der Waals surface area contributed by atoms with Gasteiger partial charge in [0.25, 0.3) is 0 Å². The van der Waals surface area contributed by atoms with E-state index in [1.165, 1.54) is 0 Å². The highest BCUT2D eigenvalue weighted by Crippen LogP contribution is 2.34. The number of ether oxygens (including phenoxy) is 1. The second-order valence-corrected chi connectivity index (χ2v) is 4.70. The Morgan fingerprint density at radius 3 is 2.60 bits per heavy atom. The Labute approximate surface area is 116 Å². The lowest BCUT2D eigenvalue weighted by Gasteiger charge is -2.10. The number of para-hydroxylation sites is 1. The van der Waals surface area contributed by atoms with Gasteiger partial charge < -0.3 is 10.5 Å². The van der Waals surface area contributed by atoms with E-state index < -0.39 is 6.10 Å². The third-order valence-electron chi connectivity index (χ3n) is 3.41. The summed E-state index contributed by atoms with van der Waals surface area (Å²) < 4.78 is 5.26. The fourth-order valence-corrected chi connectivity index (χ4v) is 2.40. The van der Waals surface area contributed by atoms with Crippen LogP contribution in [0.2, 0.25) is 0 Å². The highest BCUT2D eigenvalue weighted by atomic mass is 16.5. The van der Waals surface area contributed by atoms with E-state index in [0.717, 1.165) is 5.56 Å². The van der Waals surface area contributed by atoms with Crippen LogP contribution in [0.15, 0.2) is 48.5 Å². The minimum atomic E-state index is -0.522. The summed E-state index contributed by atoms with van der Waals surface area (Å²) >= 11 is 0. The van der Waals surface area contributed by atoms with Gasteiger partial charge in [-0.2, -0.15) is 0 Å². The van der Waals surface area contributed by atoms with Gasteiger partial charge in [0.2, 0.25) is 0 Å². The molecule has 0 fully saturated rings. The summed E-state index contributed by atoms with van der Waals surface area (Å²) in [4.78, 5) is 24.0. The van der Waals surface area contributed by atoms with Gasteiger partial charge in [0.1, 0.15) is 6.10 Å². The van der Waals surface area contributed by atoms with E-state index in [0.29, 0.717) is 16.8 Å². The monoisotopic (exact) mass is 267 g/mol. The van der Waals surface area contributed by atoms with Crippen LogP contribution >= 0.6 is 0 Å². The molecular formula is C16H13NO3. The van der Waals surface area contributed by atoms with Crippen molar-refractivity contribution in [2.24, 2.45) is 0 Å². The maximum Gasteiger partial charge on any atom is 0.339 e. The zero-order valence-corrected chi connectivity index (χ0v) is 10.7. The molecule has 0 radical (unpaired) electrons. The Balaban J connectivity index is 1.85. The molecular weight excluding hydrogens is 254 g/mol. The number of benzene rings is 2. The van der Waals surface area contributed by atoms with E-state index in [9.17, 15) is 9.59 Å². The number of hydrogen-bond donors (Lipinski definition) is 1. The van der Waals surface area contributed by atoms with Gasteiger partial charge in [-0.3, -0.25) is 4.79 Å². The van der Waals surface area contributed by atoms with Crippen molar-refractivity contribution < 1.29 is 14.3 Å². The molecule has 4 heteroatoms. The highest BCUT2D eigenvalue weighted by Gasteiger charge is 2.32. The standard InChI is InChI=1S/C16H13NO3/c17-13-8-4-3-7-12(13)14(18)9-15-10-5-1-2-6-11(10)16(19)20-15/h1-8,15H,9,17H2/t15-/m1/s1. The molecule has 0 aliphatic carbocycles. The minimum Gasteiger partial charge on any atom is -0.453 e. The lowest BCUT2D eigenvalue weighted by molar-refractivity contribution is 0.0367. The van der Waals surface area contributed by atoms with Crippen LogP contribution < -0.4 is 5.73 Å². The number of carbonyl (C=O) groups is 2. The maximum atomic E-state index is 12.3. The number of ketones is 1. The van der Waals surface area contributed by atoms with Crippen molar-refractivity contribution in [3.8, 4) is 0 Å². The Hall–Kier alpha value is -2.62. The summed E-state index contributed by atoms with van der Waals surface area (Å²) in [6, 6.07) is 14.0. The van der Waals surface area contributed by atoms with E-state index >= 15 is 0 Å². The molecule has 2 aromatic carbocycles. The smallest absolute Gasteiger partial charge is 0.339 e. The van der Waals surface area contributed by atoms with Gasteiger partial charge in [0.15, 0.2) is 5.78 Å². The van der Waals surface area contributed by atoms with Gasteiger partial charge >= 0.3 is 5.97 Å². The SMILES string of the molecule is Nc1ccccc1C(=O)C[C@H]1OC(=O)c2ccccc21. The average Bonchev–Trinajstić information content (AvgIpc) is 2.76. The predicted octanol–water partition coefficient (Wildman–Crippen LogP) is 2.75. The molecule has 3 rings (SSSR count). The Kier molecular flexibility index (Phi) is 2.99. The number of fused-ring (bicyclic) bond motifs is 1. The van der Waals surface area contributed by atoms with Gasteiger partial charge in [-0.15, -0.1) is 0 Å². The van der Waals surface area contributed by atoms with E-state index in [2.05, 4.69) is 0 Å². The number of hydrogen-bond acceptors (Lipinski definition) is 4. The maximum absolute atomic E-state index is 12.3. The highest BCUT2D eigenvalue weighted by molar-refractivity contribution is 6.02. The molecule has 0 unspecified atom stereocenters. The van der Waals surface area contributed by atoms with Crippen molar-refractivity contribution in [2.45, 2.75) is 12.5 Å². The van der Waals surface area contributed by atoms with Crippen LogP contribution in [0, 0.1) is 0 Å². The molecule has 100 valence electrons. The van der Waals surface area contributed by atoms with Gasteiger partial charge in [-0.25, -0.2) is 4.79 Å². The van der Waals surface area contributed by atoms with Crippen LogP contribution in [0.3, 0.4) is 0 Å². The number of carbonyl (C=O) groups excluding carboxylic acids is 2. The molecule has 0 spiro atoms. The van der Waals surface area contributed by atoms with Crippen LogP contribution in [0.5, 0.6) is 0 Å². The quantitative estimate of drug-likeness (QED) is 0.527. The lowest BCUT2D eigenvalue weighted by atomic mass is 9.98. The van der Waals surface area contributed by atoms with Crippen molar-refractivity contribution >= 4 is 17.4 Å². The first-order valence-electron chi connectivity index (χ1n) is 6.34. The number of esters is 1. The first kappa shape index (κ1) is 12.4. The van der Waals surface area contributed by atoms with Crippen molar-refractivity contribution in [1.29, 1.82) is 0 Å².